The van der Waals surface area contributed by atoms with Crippen LogP contribution in [0.25, 0.3) is 11.0 Å². The van der Waals surface area contributed by atoms with Gasteiger partial charge in [0.05, 0.1) is 12.1 Å². The number of aryl methyl sites for hydroxylation is 2. The van der Waals surface area contributed by atoms with Gasteiger partial charge < -0.3 is 9.67 Å². The van der Waals surface area contributed by atoms with E-state index in [0.717, 1.165) is 34.5 Å². The second-order valence-corrected chi connectivity index (χ2v) is 5.07. The Hall–Kier alpha value is -1.91. The molecule has 0 aliphatic rings. The highest BCUT2D eigenvalue weighted by Gasteiger charge is 2.18. The molecule has 2 rings (SSSR count). The molecule has 5 heteroatoms. The summed E-state index contributed by atoms with van der Waals surface area (Å²) in [6.45, 7) is 6.16. The van der Waals surface area contributed by atoms with Gasteiger partial charge in [-0.1, -0.05) is 20.8 Å². The van der Waals surface area contributed by atoms with Crippen LogP contribution in [0.1, 0.15) is 43.8 Å². The van der Waals surface area contributed by atoms with Crippen molar-refractivity contribution in [1.82, 2.24) is 14.5 Å². The average Bonchev–Trinajstić information content (AvgIpc) is 2.64. The lowest BCUT2D eigenvalue weighted by Gasteiger charge is -2.10. The van der Waals surface area contributed by atoms with E-state index in [9.17, 15) is 4.79 Å². The van der Waals surface area contributed by atoms with Crippen LogP contribution in [0.2, 0.25) is 0 Å². The maximum absolute atomic E-state index is 11.0. The lowest BCUT2D eigenvalue weighted by Crippen LogP contribution is -2.05. The van der Waals surface area contributed by atoms with E-state index in [1.54, 1.807) is 0 Å². The second kappa shape index (κ2) is 4.99. The van der Waals surface area contributed by atoms with Gasteiger partial charge >= 0.3 is 5.97 Å². The van der Waals surface area contributed by atoms with E-state index < -0.39 is 5.97 Å². The molecule has 0 spiro atoms. The number of fused-ring (bicyclic) bond motifs is 1. The van der Waals surface area contributed by atoms with Gasteiger partial charge in [0.2, 0.25) is 0 Å². The zero-order valence-electron chi connectivity index (χ0n) is 11.8. The first-order chi connectivity index (χ1) is 8.93. The van der Waals surface area contributed by atoms with E-state index in [-0.39, 0.29) is 12.3 Å². The summed E-state index contributed by atoms with van der Waals surface area (Å²) in [7, 11) is 1.89. The first-order valence-corrected chi connectivity index (χ1v) is 6.50. The van der Waals surface area contributed by atoms with Gasteiger partial charge in [-0.05, 0) is 11.5 Å². The van der Waals surface area contributed by atoms with Crippen molar-refractivity contribution in [2.24, 2.45) is 7.05 Å². The van der Waals surface area contributed by atoms with Crippen molar-refractivity contribution < 1.29 is 9.90 Å². The number of carboxylic acid groups (broad SMARTS) is 1. The van der Waals surface area contributed by atoms with Gasteiger partial charge in [-0.15, -0.1) is 0 Å². The molecule has 0 radical (unpaired) electrons. The molecule has 0 atom stereocenters. The van der Waals surface area contributed by atoms with Crippen molar-refractivity contribution >= 4 is 17.0 Å². The number of aromatic nitrogens is 3. The zero-order chi connectivity index (χ0) is 14.2. The third-order valence-electron chi connectivity index (χ3n) is 3.17. The minimum atomic E-state index is -0.832. The molecule has 0 bridgehead atoms. The summed E-state index contributed by atoms with van der Waals surface area (Å²) in [6.07, 6.45) is 2.62. The van der Waals surface area contributed by atoms with Crippen LogP contribution in [0.4, 0.5) is 0 Å². The standard InChI is InChI=1S/C14H19N3O2/c1-5-10-15-13(8(2)3)12-9(6-11(18)19)7-17(4)14(12)16-10/h7-8H,5-6H2,1-4H3,(H,18,19). The summed E-state index contributed by atoms with van der Waals surface area (Å²) in [6, 6.07) is 0. The largest absolute Gasteiger partial charge is 0.481 e. The first kappa shape index (κ1) is 13.5. The van der Waals surface area contributed by atoms with E-state index >= 15 is 0 Å². The Kier molecular flexibility index (Phi) is 3.55. The van der Waals surface area contributed by atoms with Crippen LogP contribution in [0.3, 0.4) is 0 Å². The molecule has 0 aliphatic heterocycles. The zero-order valence-corrected chi connectivity index (χ0v) is 11.8. The van der Waals surface area contributed by atoms with Crippen LogP contribution in [-0.4, -0.2) is 25.6 Å². The molecule has 0 aromatic carbocycles. The molecule has 2 aromatic rings. The van der Waals surface area contributed by atoms with E-state index in [0.29, 0.717) is 0 Å². The van der Waals surface area contributed by atoms with E-state index in [1.807, 2.05) is 24.7 Å². The third kappa shape index (κ3) is 2.45. The minimum absolute atomic E-state index is 0.00584. The van der Waals surface area contributed by atoms with Crippen molar-refractivity contribution in [3.63, 3.8) is 0 Å². The highest BCUT2D eigenvalue weighted by Crippen LogP contribution is 2.27. The maximum atomic E-state index is 11.0. The molecule has 0 saturated heterocycles. The quantitative estimate of drug-likeness (QED) is 0.916. The predicted molar refractivity (Wildman–Crippen MR) is 73.3 cm³/mol. The summed E-state index contributed by atoms with van der Waals surface area (Å²) in [5.41, 5.74) is 2.56. The SMILES string of the molecule is CCc1nc(C(C)C)c2c(CC(=O)O)cn(C)c2n1. The Labute approximate surface area is 112 Å². The van der Waals surface area contributed by atoms with Crippen LogP contribution in [0, 0.1) is 0 Å². The van der Waals surface area contributed by atoms with Gasteiger partial charge in [0.25, 0.3) is 0 Å². The summed E-state index contributed by atoms with van der Waals surface area (Å²) in [5.74, 6) is 0.215. The molecule has 5 nitrogen and oxygen atoms in total. The van der Waals surface area contributed by atoms with Gasteiger partial charge in [0.15, 0.2) is 0 Å². The van der Waals surface area contributed by atoms with Crippen LogP contribution in [0.5, 0.6) is 0 Å². The Bertz CT molecular complexity index is 629. The molecular formula is C14H19N3O2. The highest BCUT2D eigenvalue weighted by atomic mass is 16.4. The molecule has 0 fully saturated rings. The van der Waals surface area contributed by atoms with Crippen molar-refractivity contribution in [3.05, 3.63) is 23.3 Å². The third-order valence-corrected chi connectivity index (χ3v) is 3.17. The van der Waals surface area contributed by atoms with Gasteiger partial charge in [0.1, 0.15) is 11.5 Å². The summed E-state index contributed by atoms with van der Waals surface area (Å²) in [5, 5.41) is 9.92. The number of nitrogens with zero attached hydrogens (tertiary/aromatic N) is 3. The molecule has 2 aromatic heterocycles. The molecule has 0 saturated carbocycles. The van der Waals surface area contributed by atoms with E-state index in [1.165, 1.54) is 0 Å². The minimum Gasteiger partial charge on any atom is -0.481 e. The van der Waals surface area contributed by atoms with Crippen LogP contribution < -0.4 is 0 Å². The predicted octanol–water partition coefficient (Wildman–Crippen LogP) is 2.28. The highest BCUT2D eigenvalue weighted by molar-refractivity contribution is 5.87. The number of carbonyl (C=O) groups is 1. The smallest absolute Gasteiger partial charge is 0.307 e. The fourth-order valence-electron chi connectivity index (χ4n) is 2.31. The molecule has 0 unspecified atom stereocenters. The molecule has 0 amide bonds. The molecule has 2 heterocycles. The molecular weight excluding hydrogens is 242 g/mol. The lowest BCUT2D eigenvalue weighted by atomic mass is 10.0. The Balaban J connectivity index is 2.76. The summed E-state index contributed by atoms with van der Waals surface area (Å²) < 4.78 is 1.89. The van der Waals surface area contributed by atoms with Crippen molar-refractivity contribution in [1.29, 1.82) is 0 Å². The van der Waals surface area contributed by atoms with E-state index in [2.05, 4.69) is 23.8 Å². The van der Waals surface area contributed by atoms with E-state index in [4.69, 9.17) is 5.11 Å². The topological polar surface area (TPSA) is 68.0 Å². The van der Waals surface area contributed by atoms with Crippen LogP contribution >= 0.6 is 0 Å². The van der Waals surface area contributed by atoms with Gasteiger partial charge in [-0.2, -0.15) is 0 Å². The van der Waals surface area contributed by atoms with Gasteiger partial charge in [-0.3, -0.25) is 4.79 Å². The fraction of sp³-hybridized carbons (Fsp3) is 0.500. The van der Waals surface area contributed by atoms with Crippen LogP contribution in [0.15, 0.2) is 6.20 Å². The summed E-state index contributed by atoms with van der Waals surface area (Å²) >= 11 is 0. The average molecular weight is 261 g/mol. The monoisotopic (exact) mass is 261 g/mol. The number of carboxylic acids is 1. The van der Waals surface area contributed by atoms with Crippen molar-refractivity contribution in [2.45, 2.75) is 39.5 Å². The number of rotatable bonds is 4. The number of aliphatic carboxylic acids is 1. The molecule has 19 heavy (non-hydrogen) atoms. The normalized spacial score (nSPS) is 11.4. The lowest BCUT2D eigenvalue weighted by molar-refractivity contribution is -0.136. The Morgan fingerprint density at radius 1 is 1.42 bits per heavy atom. The Morgan fingerprint density at radius 3 is 2.63 bits per heavy atom. The number of hydrogen-bond donors (Lipinski definition) is 1. The fourth-order valence-corrected chi connectivity index (χ4v) is 2.31. The van der Waals surface area contributed by atoms with Gasteiger partial charge in [-0.25, -0.2) is 9.97 Å². The Morgan fingerprint density at radius 2 is 2.11 bits per heavy atom. The molecule has 102 valence electrons. The maximum Gasteiger partial charge on any atom is 0.307 e. The van der Waals surface area contributed by atoms with Crippen LogP contribution in [-0.2, 0) is 24.7 Å². The number of hydrogen-bond acceptors (Lipinski definition) is 3. The molecule has 1 N–H and O–H groups in total. The molecule has 0 aliphatic carbocycles. The van der Waals surface area contributed by atoms with Crippen molar-refractivity contribution in [2.75, 3.05) is 0 Å². The summed E-state index contributed by atoms with van der Waals surface area (Å²) in [4.78, 5) is 20.1. The second-order valence-electron chi connectivity index (χ2n) is 5.07. The van der Waals surface area contributed by atoms with Crippen molar-refractivity contribution in [3.8, 4) is 0 Å². The first-order valence-electron chi connectivity index (χ1n) is 6.50. The van der Waals surface area contributed by atoms with Gasteiger partial charge in [0, 0.05) is 25.1 Å².